The Morgan fingerprint density at radius 2 is 2.06 bits per heavy atom. The molecule has 17 heavy (non-hydrogen) atoms. The Labute approximate surface area is 97.8 Å². The molecule has 1 amide bonds. The van der Waals surface area contributed by atoms with Crippen LogP contribution in [-0.4, -0.2) is 35.7 Å². The smallest absolute Gasteiger partial charge is 0.307 e. The van der Waals surface area contributed by atoms with E-state index in [0.29, 0.717) is 0 Å². The average Bonchev–Trinajstić information content (AvgIpc) is 2.32. The van der Waals surface area contributed by atoms with Crippen molar-refractivity contribution < 1.29 is 24.5 Å². The zero-order chi connectivity index (χ0) is 12.8. The molecule has 0 heterocycles. The predicted octanol–water partition coefficient (Wildman–Crippen LogP) is 0.391. The zero-order valence-electron chi connectivity index (χ0n) is 9.27. The quantitative estimate of drug-likeness (QED) is 0.521. The van der Waals surface area contributed by atoms with Crippen LogP contribution < -0.4 is 5.32 Å². The molecule has 92 valence electrons. The normalized spacial score (nSPS) is 9.71. The molecule has 0 atom stereocenters. The second kappa shape index (κ2) is 5.74. The highest BCUT2D eigenvalue weighted by atomic mass is 16.5. The lowest BCUT2D eigenvalue weighted by Gasteiger charge is -2.06. The minimum absolute atomic E-state index is 0.0435. The van der Waals surface area contributed by atoms with Gasteiger partial charge >= 0.3 is 5.97 Å². The highest BCUT2D eigenvalue weighted by molar-refractivity contribution is 5.97. The van der Waals surface area contributed by atoms with Crippen molar-refractivity contribution in [2.45, 2.75) is 6.42 Å². The van der Waals surface area contributed by atoms with Gasteiger partial charge in [-0.1, -0.05) is 6.07 Å². The van der Waals surface area contributed by atoms with Crippen LogP contribution in [0.4, 0.5) is 0 Å². The number of phenolic OH excluding ortho intramolecular Hbond substituents is 2. The number of carbonyl (C=O) groups is 2. The molecule has 6 heteroatoms. The summed E-state index contributed by atoms with van der Waals surface area (Å²) >= 11 is 0. The van der Waals surface area contributed by atoms with Gasteiger partial charge in [-0.15, -0.1) is 0 Å². The summed E-state index contributed by atoms with van der Waals surface area (Å²) in [5.74, 6) is -1.86. The van der Waals surface area contributed by atoms with Crippen molar-refractivity contribution in [3.05, 3.63) is 23.8 Å². The van der Waals surface area contributed by atoms with Crippen LogP contribution in [0.2, 0.25) is 0 Å². The standard InChI is InChI=1S/C11H13NO5/c1-17-9(14)5-6-12-11(16)7-3-2-4-8(13)10(7)15/h2-4,13,15H,5-6H2,1H3,(H,12,16). The molecule has 0 radical (unpaired) electrons. The SMILES string of the molecule is COC(=O)CCNC(=O)c1cccc(O)c1O. The van der Waals surface area contributed by atoms with Gasteiger partial charge in [-0.2, -0.15) is 0 Å². The molecule has 3 N–H and O–H groups in total. The number of ether oxygens (including phenoxy) is 1. The Kier molecular flexibility index (Phi) is 4.33. The van der Waals surface area contributed by atoms with E-state index in [-0.39, 0.29) is 24.3 Å². The Hall–Kier alpha value is -2.24. The average molecular weight is 239 g/mol. The maximum atomic E-state index is 11.6. The Balaban J connectivity index is 2.59. The van der Waals surface area contributed by atoms with Gasteiger partial charge in [0.25, 0.3) is 5.91 Å². The Morgan fingerprint density at radius 3 is 2.71 bits per heavy atom. The van der Waals surface area contributed by atoms with E-state index in [1.807, 2.05) is 0 Å². The predicted molar refractivity (Wildman–Crippen MR) is 58.7 cm³/mol. The molecule has 0 saturated carbocycles. The van der Waals surface area contributed by atoms with Gasteiger partial charge in [0.05, 0.1) is 19.1 Å². The fourth-order valence-corrected chi connectivity index (χ4v) is 1.19. The highest BCUT2D eigenvalue weighted by Gasteiger charge is 2.13. The van der Waals surface area contributed by atoms with Crippen LogP contribution in [0.1, 0.15) is 16.8 Å². The second-order valence-corrected chi connectivity index (χ2v) is 3.26. The molecule has 0 fully saturated rings. The number of benzene rings is 1. The van der Waals surface area contributed by atoms with Crippen LogP contribution in [0.5, 0.6) is 11.5 Å². The summed E-state index contributed by atoms with van der Waals surface area (Å²) in [6, 6.07) is 4.06. The monoisotopic (exact) mass is 239 g/mol. The molecule has 0 aromatic heterocycles. The van der Waals surface area contributed by atoms with E-state index >= 15 is 0 Å². The van der Waals surface area contributed by atoms with Gasteiger partial charge in [-0.05, 0) is 12.1 Å². The molecule has 0 aliphatic carbocycles. The number of para-hydroxylation sites is 1. The Morgan fingerprint density at radius 1 is 1.35 bits per heavy atom. The molecule has 1 aromatic rings. The number of hydrogen-bond acceptors (Lipinski definition) is 5. The van der Waals surface area contributed by atoms with Crippen LogP contribution in [-0.2, 0) is 9.53 Å². The fraction of sp³-hybridized carbons (Fsp3) is 0.273. The Bertz CT molecular complexity index is 430. The van der Waals surface area contributed by atoms with Crippen molar-refractivity contribution in [3.8, 4) is 11.5 Å². The summed E-state index contributed by atoms with van der Waals surface area (Å²) < 4.78 is 4.40. The summed E-state index contributed by atoms with van der Waals surface area (Å²) in [6.07, 6.45) is 0.0435. The number of methoxy groups -OCH3 is 1. The molecule has 0 aliphatic heterocycles. The van der Waals surface area contributed by atoms with Gasteiger partial charge in [0.1, 0.15) is 0 Å². The number of hydrogen-bond donors (Lipinski definition) is 3. The highest BCUT2D eigenvalue weighted by Crippen LogP contribution is 2.27. The molecule has 0 unspecified atom stereocenters. The molecular weight excluding hydrogens is 226 g/mol. The third-order valence-electron chi connectivity index (χ3n) is 2.10. The van der Waals surface area contributed by atoms with Crippen molar-refractivity contribution in [3.63, 3.8) is 0 Å². The lowest BCUT2D eigenvalue weighted by atomic mass is 10.1. The molecule has 0 bridgehead atoms. The van der Waals surface area contributed by atoms with Crippen LogP contribution >= 0.6 is 0 Å². The van der Waals surface area contributed by atoms with Crippen molar-refractivity contribution in [1.82, 2.24) is 5.32 Å². The van der Waals surface area contributed by atoms with Gasteiger partial charge in [0.2, 0.25) is 0 Å². The number of esters is 1. The van der Waals surface area contributed by atoms with Crippen LogP contribution in [0.25, 0.3) is 0 Å². The first-order chi connectivity index (χ1) is 8.06. The van der Waals surface area contributed by atoms with E-state index in [9.17, 15) is 19.8 Å². The topological polar surface area (TPSA) is 95.9 Å². The summed E-state index contributed by atoms with van der Waals surface area (Å²) in [7, 11) is 1.26. The molecule has 6 nitrogen and oxygen atoms in total. The van der Waals surface area contributed by atoms with Crippen molar-refractivity contribution in [2.75, 3.05) is 13.7 Å². The molecule has 0 aliphatic rings. The molecule has 0 spiro atoms. The van der Waals surface area contributed by atoms with E-state index in [1.165, 1.54) is 25.3 Å². The van der Waals surface area contributed by atoms with E-state index in [0.717, 1.165) is 0 Å². The number of aromatic hydroxyl groups is 2. The van der Waals surface area contributed by atoms with Crippen LogP contribution in [0, 0.1) is 0 Å². The maximum absolute atomic E-state index is 11.6. The van der Waals surface area contributed by atoms with E-state index in [2.05, 4.69) is 10.1 Å². The third-order valence-corrected chi connectivity index (χ3v) is 2.10. The zero-order valence-corrected chi connectivity index (χ0v) is 9.27. The maximum Gasteiger partial charge on any atom is 0.307 e. The fourth-order valence-electron chi connectivity index (χ4n) is 1.19. The number of nitrogens with one attached hydrogen (secondary N) is 1. The summed E-state index contributed by atoms with van der Waals surface area (Å²) in [4.78, 5) is 22.3. The molecule has 1 rings (SSSR count). The number of phenols is 2. The lowest BCUT2D eigenvalue weighted by molar-refractivity contribution is -0.140. The minimum Gasteiger partial charge on any atom is -0.504 e. The first kappa shape index (κ1) is 12.8. The molecule has 0 saturated heterocycles. The largest absolute Gasteiger partial charge is 0.504 e. The summed E-state index contributed by atoms with van der Waals surface area (Å²) in [6.45, 7) is 0.0978. The van der Waals surface area contributed by atoms with Crippen LogP contribution in [0.15, 0.2) is 18.2 Å². The number of rotatable bonds is 4. The van der Waals surface area contributed by atoms with Gasteiger partial charge in [-0.25, -0.2) is 0 Å². The van der Waals surface area contributed by atoms with Crippen molar-refractivity contribution >= 4 is 11.9 Å². The first-order valence-corrected chi connectivity index (χ1v) is 4.92. The lowest BCUT2D eigenvalue weighted by Crippen LogP contribution is -2.26. The van der Waals surface area contributed by atoms with E-state index in [4.69, 9.17) is 0 Å². The minimum atomic E-state index is -0.567. The van der Waals surface area contributed by atoms with Gasteiger partial charge in [-0.3, -0.25) is 9.59 Å². The van der Waals surface area contributed by atoms with Gasteiger partial charge < -0.3 is 20.3 Å². The molecule has 1 aromatic carbocycles. The van der Waals surface area contributed by atoms with Crippen molar-refractivity contribution in [1.29, 1.82) is 0 Å². The van der Waals surface area contributed by atoms with Crippen LogP contribution in [0.3, 0.4) is 0 Å². The van der Waals surface area contributed by atoms with Gasteiger partial charge in [0.15, 0.2) is 11.5 Å². The number of carbonyl (C=O) groups excluding carboxylic acids is 2. The number of amides is 1. The molecular formula is C11H13NO5. The summed E-state index contributed by atoms with van der Waals surface area (Å²) in [5.41, 5.74) is -0.0464. The second-order valence-electron chi connectivity index (χ2n) is 3.26. The van der Waals surface area contributed by atoms with E-state index < -0.39 is 17.6 Å². The van der Waals surface area contributed by atoms with Gasteiger partial charge in [0, 0.05) is 6.54 Å². The first-order valence-electron chi connectivity index (χ1n) is 4.92. The van der Waals surface area contributed by atoms with E-state index in [1.54, 1.807) is 0 Å². The third kappa shape index (κ3) is 3.37. The van der Waals surface area contributed by atoms with Crippen molar-refractivity contribution in [2.24, 2.45) is 0 Å². The summed E-state index contributed by atoms with van der Waals surface area (Å²) in [5, 5.41) is 21.0.